The molecule has 0 N–H and O–H groups in total. The highest BCUT2D eigenvalue weighted by molar-refractivity contribution is 5.27. The number of nitriles is 1. The van der Waals surface area contributed by atoms with Crippen LogP contribution in [0.5, 0.6) is 0 Å². The second-order valence-electron chi connectivity index (χ2n) is 2.42. The van der Waals surface area contributed by atoms with E-state index < -0.39 is 0 Å². The Balaban J connectivity index is 2.98. The zero-order chi connectivity index (χ0) is 8.27. The minimum atomic E-state index is 0.631. The fourth-order valence-corrected chi connectivity index (χ4v) is 0.947. The van der Waals surface area contributed by atoms with E-state index in [1.165, 1.54) is 0 Å². The summed E-state index contributed by atoms with van der Waals surface area (Å²) in [5, 5.41) is 12.6. The van der Waals surface area contributed by atoms with Crippen molar-refractivity contribution in [3.8, 4) is 6.07 Å². The van der Waals surface area contributed by atoms with Gasteiger partial charge in [-0.25, -0.2) is 0 Å². The molecule has 0 bridgehead atoms. The number of hydrogen-bond donors (Lipinski definition) is 0. The van der Waals surface area contributed by atoms with Gasteiger partial charge in [0, 0.05) is 12.1 Å². The van der Waals surface area contributed by atoms with Crippen LogP contribution in [0.1, 0.15) is 24.6 Å². The maximum Gasteiger partial charge on any atom is 0.142 e. The molecule has 1 heterocycles. The first-order valence-corrected chi connectivity index (χ1v) is 3.64. The van der Waals surface area contributed by atoms with Gasteiger partial charge < -0.3 is 0 Å². The van der Waals surface area contributed by atoms with Crippen molar-refractivity contribution >= 4 is 0 Å². The van der Waals surface area contributed by atoms with Gasteiger partial charge in [0.25, 0.3) is 0 Å². The molecule has 0 spiro atoms. The molecule has 3 heteroatoms. The van der Waals surface area contributed by atoms with Gasteiger partial charge in [-0.3, -0.25) is 4.68 Å². The summed E-state index contributed by atoms with van der Waals surface area (Å²) < 4.78 is 1.69. The Bertz CT molecular complexity index is 280. The van der Waals surface area contributed by atoms with Crippen LogP contribution >= 0.6 is 0 Å². The number of nitrogens with zero attached hydrogens (tertiary/aromatic N) is 3. The summed E-state index contributed by atoms with van der Waals surface area (Å²) in [4.78, 5) is 0. The van der Waals surface area contributed by atoms with Crippen LogP contribution in [-0.2, 0) is 6.54 Å². The van der Waals surface area contributed by atoms with Crippen LogP contribution in [0.2, 0.25) is 0 Å². The minimum Gasteiger partial charge on any atom is -0.254 e. The second-order valence-corrected chi connectivity index (χ2v) is 2.42. The summed E-state index contributed by atoms with van der Waals surface area (Å²) in [6.07, 6.45) is 3.75. The molecule has 0 aromatic carbocycles. The molecular weight excluding hydrogens is 138 g/mol. The van der Waals surface area contributed by atoms with Gasteiger partial charge in [-0.1, -0.05) is 6.92 Å². The van der Waals surface area contributed by atoms with Gasteiger partial charge in [-0.2, -0.15) is 10.4 Å². The van der Waals surface area contributed by atoms with Gasteiger partial charge >= 0.3 is 0 Å². The molecule has 0 fully saturated rings. The summed E-state index contributed by atoms with van der Waals surface area (Å²) in [7, 11) is 0. The molecular formula is C8H10N3. The average molecular weight is 148 g/mol. The Morgan fingerprint density at radius 2 is 2.45 bits per heavy atom. The predicted molar refractivity (Wildman–Crippen MR) is 40.8 cm³/mol. The van der Waals surface area contributed by atoms with E-state index in [9.17, 15) is 0 Å². The van der Waals surface area contributed by atoms with Crippen molar-refractivity contribution in [2.45, 2.75) is 26.8 Å². The van der Waals surface area contributed by atoms with Crippen LogP contribution in [0.3, 0.4) is 0 Å². The van der Waals surface area contributed by atoms with Crippen LogP contribution in [0, 0.1) is 24.5 Å². The summed E-state index contributed by atoms with van der Waals surface area (Å²) in [6.45, 7) is 4.70. The third-order valence-corrected chi connectivity index (χ3v) is 1.49. The van der Waals surface area contributed by atoms with Crippen LogP contribution in [-0.4, -0.2) is 9.78 Å². The van der Waals surface area contributed by atoms with E-state index in [1.54, 1.807) is 4.68 Å². The molecule has 0 aliphatic carbocycles. The maximum atomic E-state index is 8.68. The molecule has 0 saturated carbocycles. The third-order valence-electron chi connectivity index (χ3n) is 1.49. The lowest BCUT2D eigenvalue weighted by molar-refractivity contribution is 0.595. The Morgan fingerprint density at radius 3 is 3.00 bits per heavy atom. The monoisotopic (exact) mass is 148 g/mol. The Morgan fingerprint density at radius 1 is 1.73 bits per heavy atom. The lowest BCUT2D eigenvalue weighted by atomic mass is 10.3. The van der Waals surface area contributed by atoms with Crippen LogP contribution < -0.4 is 0 Å². The van der Waals surface area contributed by atoms with Gasteiger partial charge in [0.2, 0.25) is 0 Å². The molecule has 11 heavy (non-hydrogen) atoms. The highest BCUT2D eigenvalue weighted by atomic mass is 15.3. The Labute approximate surface area is 66.3 Å². The van der Waals surface area contributed by atoms with Crippen molar-refractivity contribution in [1.82, 2.24) is 9.78 Å². The van der Waals surface area contributed by atoms with Crippen molar-refractivity contribution in [3.63, 3.8) is 0 Å². The first-order chi connectivity index (χ1) is 5.29. The maximum absolute atomic E-state index is 8.68. The van der Waals surface area contributed by atoms with Gasteiger partial charge in [0.15, 0.2) is 0 Å². The standard InChI is InChI=1S/C8H10N3/c1-3-4-11-8(5-9)7(2)6-10-11/h3-4H2,1-2H3. The first-order valence-electron chi connectivity index (χ1n) is 3.64. The predicted octanol–water partition coefficient (Wildman–Crippen LogP) is 1.27. The number of aromatic nitrogens is 2. The SMILES string of the molecule is CCCn1n[c]c(C)c1C#N. The van der Waals surface area contributed by atoms with Crippen molar-refractivity contribution in [2.24, 2.45) is 0 Å². The van der Waals surface area contributed by atoms with Crippen LogP contribution in [0.15, 0.2) is 0 Å². The molecule has 1 aromatic heterocycles. The van der Waals surface area contributed by atoms with Gasteiger partial charge in [-0.15, -0.1) is 0 Å². The third kappa shape index (κ3) is 1.40. The Kier molecular flexibility index (Phi) is 2.27. The molecule has 0 amide bonds. The van der Waals surface area contributed by atoms with Crippen molar-refractivity contribution < 1.29 is 0 Å². The molecule has 0 aliphatic heterocycles. The van der Waals surface area contributed by atoms with E-state index >= 15 is 0 Å². The first kappa shape index (κ1) is 7.80. The summed E-state index contributed by atoms with van der Waals surface area (Å²) in [5.41, 5.74) is 1.47. The van der Waals surface area contributed by atoms with E-state index in [2.05, 4.69) is 24.3 Å². The second kappa shape index (κ2) is 3.20. The lowest BCUT2D eigenvalue weighted by Gasteiger charge is -1.97. The van der Waals surface area contributed by atoms with Gasteiger partial charge in [-0.05, 0) is 13.3 Å². The van der Waals surface area contributed by atoms with Crippen LogP contribution in [0.25, 0.3) is 0 Å². The van der Waals surface area contributed by atoms with E-state index in [4.69, 9.17) is 5.26 Å². The minimum absolute atomic E-state index is 0.631. The Hall–Kier alpha value is -1.30. The summed E-state index contributed by atoms with van der Waals surface area (Å²) in [6, 6.07) is 2.10. The van der Waals surface area contributed by atoms with Gasteiger partial charge in [0.1, 0.15) is 18.0 Å². The molecule has 1 aromatic rings. The average Bonchev–Trinajstić information content (AvgIpc) is 2.33. The zero-order valence-electron chi connectivity index (χ0n) is 6.76. The molecule has 57 valence electrons. The van der Waals surface area contributed by atoms with Crippen molar-refractivity contribution in [3.05, 3.63) is 17.5 Å². The normalized spacial score (nSPS) is 9.55. The van der Waals surface area contributed by atoms with E-state index in [1.807, 2.05) is 6.92 Å². The zero-order valence-corrected chi connectivity index (χ0v) is 6.76. The fourth-order valence-electron chi connectivity index (χ4n) is 0.947. The molecule has 1 radical (unpaired) electrons. The largest absolute Gasteiger partial charge is 0.254 e. The molecule has 0 atom stereocenters. The van der Waals surface area contributed by atoms with Crippen molar-refractivity contribution in [1.29, 1.82) is 5.26 Å². The lowest BCUT2D eigenvalue weighted by Crippen LogP contribution is -2.01. The molecule has 0 aliphatic rings. The molecule has 0 saturated heterocycles. The van der Waals surface area contributed by atoms with E-state index in [-0.39, 0.29) is 0 Å². The number of rotatable bonds is 2. The quantitative estimate of drug-likeness (QED) is 0.633. The number of hydrogen-bond acceptors (Lipinski definition) is 2. The number of aryl methyl sites for hydroxylation is 2. The van der Waals surface area contributed by atoms with E-state index in [0.717, 1.165) is 18.5 Å². The van der Waals surface area contributed by atoms with E-state index in [0.29, 0.717) is 5.69 Å². The highest BCUT2D eigenvalue weighted by Gasteiger charge is 2.04. The molecule has 1 rings (SSSR count). The van der Waals surface area contributed by atoms with Gasteiger partial charge in [0.05, 0.1) is 0 Å². The summed E-state index contributed by atoms with van der Waals surface area (Å²) in [5.74, 6) is 0. The smallest absolute Gasteiger partial charge is 0.142 e. The fraction of sp³-hybridized carbons (Fsp3) is 0.500. The van der Waals surface area contributed by atoms with Crippen LogP contribution in [0.4, 0.5) is 0 Å². The van der Waals surface area contributed by atoms with Crippen molar-refractivity contribution in [2.75, 3.05) is 0 Å². The topological polar surface area (TPSA) is 41.6 Å². The highest BCUT2D eigenvalue weighted by Crippen LogP contribution is 2.04. The summed E-state index contributed by atoms with van der Waals surface area (Å²) >= 11 is 0. The molecule has 0 unspecified atom stereocenters. The molecule has 3 nitrogen and oxygen atoms in total.